The summed E-state index contributed by atoms with van der Waals surface area (Å²) in [5.41, 5.74) is 0.674. The highest BCUT2D eigenvalue weighted by Crippen LogP contribution is 2.27. The monoisotopic (exact) mass is 329 g/mol. The summed E-state index contributed by atoms with van der Waals surface area (Å²) in [5.74, 6) is 1.65. The van der Waals surface area contributed by atoms with Gasteiger partial charge >= 0.3 is 0 Å². The first kappa shape index (κ1) is 17.7. The molecule has 0 saturated carbocycles. The third-order valence-electron chi connectivity index (χ3n) is 3.41. The lowest BCUT2D eigenvalue weighted by molar-refractivity contribution is -0.122. The van der Waals surface area contributed by atoms with Crippen LogP contribution in [0.15, 0.2) is 48.5 Å². The van der Waals surface area contributed by atoms with Crippen molar-refractivity contribution in [1.29, 1.82) is 0 Å². The van der Waals surface area contributed by atoms with Crippen LogP contribution in [0.1, 0.15) is 20.3 Å². The average molecular weight is 329 g/mol. The molecule has 24 heavy (non-hydrogen) atoms. The molecule has 0 fully saturated rings. The second-order valence-electron chi connectivity index (χ2n) is 5.12. The van der Waals surface area contributed by atoms with Crippen molar-refractivity contribution in [1.82, 2.24) is 0 Å². The molecular weight excluding hydrogens is 306 g/mol. The number of carbonyl (C=O) groups is 1. The first-order valence-electron chi connectivity index (χ1n) is 8.01. The van der Waals surface area contributed by atoms with Crippen molar-refractivity contribution in [3.05, 3.63) is 48.5 Å². The Bertz CT molecular complexity index is 672. The second-order valence-corrected chi connectivity index (χ2v) is 5.12. The van der Waals surface area contributed by atoms with Gasteiger partial charge in [-0.2, -0.15) is 0 Å². The van der Waals surface area contributed by atoms with E-state index in [0.29, 0.717) is 36.0 Å². The maximum atomic E-state index is 12.5. The lowest BCUT2D eigenvalue weighted by Gasteiger charge is -2.19. The van der Waals surface area contributed by atoms with Crippen molar-refractivity contribution in [2.75, 3.05) is 19.0 Å². The Morgan fingerprint density at radius 1 is 1.08 bits per heavy atom. The fourth-order valence-electron chi connectivity index (χ4n) is 2.24. The smallest absolute Gasteiger partial charge is 0.265 e. The van der Waals surface area contributed by atoms with Gasteiger partial charge in [0.15, 0.2) is 17.6 Å². The van der Waals surface area contributed by atoms with Gasteiger partial charge < -0.3 is 19.5 Å². The molecule has 0 aromatic heterocycles. The van der Waals surface area contributed by atoms with Gasteiger partial charge in [0.1, 0.15) is 5.75 Å². The highest BCUT2D eigenvalue weighted by atomic mass is 16.5. The summed E-state index contributed by atoms with van der Waals surface area (Å²) in [6, 6.07) is 14.6. The van der Waals surface area contributed by atoms with Crippen LogP contribution in [-0.2, 0) is 4.79 Å². The molecular formula is C19H23NO4. The molecule has 0 saturated heterocycles. The summed E-state index contributed by atoms with van der Waals surface area (Å²) in [5, 5.41) is 2.86. The zero-order valence-corrected chi connectivity index (χ0v) is 14.2. The minimum absolute atomic E-state index is 0.211. The number of carbonyl (C=O) groups excluding carboxylic acids is 1. The number of ether oxygens (including phenoxy) is 3. The zero-order valence-electron chi connectivity index (χ0n) is 14.2. The molecule has 0 spiro atoms. The van der Waals surface area contributed by atoms with E-state index >= 15 is 0 Å². The van der Waals surface area contributed by atoms with Crippen LogP contribution in [0, 0.1) is 0 Å². The highest BCUT2D eigenvalue weighted by Gasteiger charge is 2.20. The van der Waals surface area contributed by atoms with Crippen LogP contribution < -0.4 is 19.5 Å². The minimum Gasteiger partial charge on any atom is -0.494 e. The predicted octanol–water partition coefficient (Wildman–Crippen LogP) is 3.89. The lowest BCUT2D eigenvalue weighted by atomic mass is 10.2. The quantitative estimate of drug-likeness (QED) is 0.798. The van der Waals surface area contributed by atoms with Crippen molar-refractivity contribution in [3.8, 4) is 17.2 Å². The number of para-hydroxylation sites is 2. The Kier molecular flexibility index (Phi) is 6.49. The number of nitrogens with one attached hydrogen (secondary N) is 1. The Labute approximate surface area is 142 Å². The van der Waals surface area contributed by atoms with E-state index in [-0.39, 0.29) is 5.91 Å². The van der Waals surface area contributed by atoms with E-state index in [1.165, 1.54) is 0 Å². The molecule has 128 valence electrons. The SMILES string of the molecule is CCOc1cccc(NC(=O)C(CC)Oc2ccccc2OC)c1. The van der Waals surface area contributed by atoms with E-state index in [9.17, 15) is 4.79 Å². The van der Waals surface area contributed by atoms with Crippen molar-refractivity contribution in [2.45, 2.75) is 26.4 Å². The third-order valence-corrected chi connectivity index (χ3v) is 3.41. The van der Waals surface area contributed by atoms with Crippen LogP contribution in [0.4, 0.5) is 5.69 Å². The normalized spacial score (nSPS) is 11.5. The largest absolute Gasteiger partial charge is 0.494 e. The molecule has 1 N–H and O–H groups in total. The summed E-state index contributed by atoms with van der Waals surface area (Å²) < 4.78 is 16.5. The van der Waals surface area contributed by atoms with Crippen molar-refractivity contribution < 1.29 is 19.0 Å². The average Bonchev–Trinajstić information content (AvgIpc) is 2.60. The number of methoxy groups -OCH3 is 1. The number of rotatable bonds is 8. The number of benzene rings is 2. The van der Waals surface area contributed by atoms with Gasteiger partial charge in [-0.15, -0.1) is 0 Å². The molecule has 5 heteroatoms. The number of amides is 1. The molecule has 0 radical (unpaired) electrons. The van der Waals surface area contributed by atoms with Crippen LogP contribution in [-0.4, -0.2) is 25.7 Å². The van der Waals surface area contributed by atoms with Gasteiger partial charge in [-0.3, -0.25) is 4.79 Å². The molecule has 1 amide bonds. The molecule has 2 aromatic carbocycles. The number of hydrogen-bond acceptors (Lipinski definition) is 4. The first-order chi connectivity index (χ1) is 11.7. The first-order valence-corrected chi connectivity index (χ1v) is 8.01. The molecule has 0 aliphatic rings. The van der Waals surface area contributed by atoms with Gasteiger partial charge in [0.05, 0.1) is 13.7 Å². The van der Waals surface area contributed by atoms with E-state index in [1.807, 2.05) is 44.2 Å². The second kappa shape index (κ2) is 8.82. The molecule has 2 aromatic rings. The lowest BCUT2D eigenvalue weighted by Crippen LogP contribution is -2.32. The molecule has 0 aliphatic heterocycles. The maximum Gasteiger partial charge on any atom is 0.265 e. The maximum absolute atomic E-state index is 12.5. The summed E-state index contributed by atoms with van der Waals surface area (Å²) in [7, 11) is 1.57. The topological polar surface area (TPSA) is 56.8 Å². The van der Waals surface area contributed by atoms with Crippen molar-refractivity contribution in [3.63, 3.8) is 0 Å². The van der Waals surface area contributed by atoms with Gasteiger partial charge in [0.2, 0.25) is 0 Å². The number of anilines is 1. The third kappa shape index (κ3) is 4.65. The van der Waals surface area contributed by atoms with Gasteiger partial charge in [-0.25, -0.2) is 0 Å². The molecule has 0 bridgehead atoms. The van der Waals surface area contributed by atoms with Crippen LogP contribution in [0.25, 0.3) is 0 Å². The fourth-order valence-corrected chi connectivity index (χ4v) is 2.24. The highest BCUT2D eigenvalue weighted by molar-refractivity contribution is 5.94. The molecule has 0 aliphatic carbocycles. The van der Waals surface area contributed by atoms with Gasteiger partial charge in [-0.05, 0) is 37.6 Å². The molecule has 1 atom stereocenters. The minimum atomic E-state index is -0.614. The van der Waals surface area contributed by atoms with Gasteiger partial charge in [0, 0.05) is 11.8 Å². The summed E-state index contributed by atoms with van der Waals surface area (Å²) in [6.45, 7) is 4.39. The molecule has 5 nitrogen and oxygen atoms in total. The Balaban J connectivity index is 2.07. The van der Waals surface area contributed by atoms with E-state index in [2.05, 4.69) is 5.32 Å². The van der Waals surface area contributed by atoms with E-state index < -0.39 is 6.10 Å². The molecule has 1 unspecified atom stereocenters. The Morgan fingerprint density at radius 2 is 1.83 bits per heavy atom. The van der Waals surface area contributed by atoms with Crippen molar-refractivity contribution in [2.24, 2.45) is 0 Å². The standard InChI is InChI=1S/C19H23NO4/c1-4-16(24-18-12-7-6-11-17(18)22-3)19(21)20-14-9-8-10-15(13-14)23-5-2/h6-13,16H,4-5H2,1-3H3,(H,20,21). The van der Waals surface area contributed by atoms with E-state index in [1.54, 1.807) is 25.3 Å². The van der Waals surface area contributed by atoms with Crippen LogP contribution in [0.2, 0.25) is 0 Å². The summed E-state index contributed by atoms with van der Waals surface area (Å²) in [4.78, 5) is 12.5. The summed E-state index contributed by atoms with van der Waals surface area (Å²) in [6.07, 6.45) is -0.0771. The Hall–Kier alpha value is -2.69. The van der Waals surface area contributed by atoms with E-state index in [4.69, 9.17) is 14.2 Å². The van der Waals surface area contributed by atoms with Gasteiger partial charge in [0.25, 0.3) is 5.91 Å². The van der Waals surface area contributed by atoms with Crippen molar-refractivity contribution >= 4 is 11.6 Å². The fraction of sp³-hybridized carbons (Fsp3) is 0.316. The van der Waals surface area contributed by atoms with Gasteiger partial charge in [-0.1, -0.05) is 25.1 Å². The molecule has 2 rings (SSSR count). The zero-order chi connectivity index (χ0) is 17.4. The van der Waals surface area contributed by atoms with Crippen LogP contribution >= 0.6 is 0 Å². The Morgan fingerprint density at radius 3 is 2.50 bits per heavy atom. The van der Waals surface area contributed by atoms with Crippen LogP contribution in [0.3, 0.4) is 0 Å². The summed E-state index contributed by atoms with van der Waals surface area (Å²) >= 11 is 0. The van der Waals surface area contributed by atoms with E-state index in [0.717, 1.165) is 0 Å². The predicted molar refractivity (Wildman–Crippen MR) is 93.9 cm³/mol. The molecule has 0 heterocycles. The number of hydrogen-bond donors (Lipinski definition) is 1. The van der Waals surface area contributed by atoms with Crippen LogP contribution in [0.5, 0.6) is 17.2 Å².